The van der Waals surface area contributed by atoms with E-state index >= 15 is 0 Å². The minimum Gasteiger partial charge on any atom is -0.507 e. The molecular formula is C24H26FNO5. The highest BCUT2D eigenvalue weighted by molar-refractivity contribution is 6.46. The smallest absolute Gasteiger partial charge is 0.295 e. The molecule has 2 aromatic carbocycles. The number of aliphatic hydroxyl groups excluding tert-OH is 1. The third kappa shape index (κ3) is 4.94. The average molecular weight is 427 g/mol. The Hall–Kier alpha value is -3.19. The maximum atomic E-state index is 13.5. The van der Waals surface area contributed by atoms with E-state index < -0.39 is 23.5 Å². The summed E-state index contributed by atoms with van der Waals surface area (Å²) in [7, 11) is 1.55. The molecular weight excluding hydrogens is 401 g/mol. The van der Waals surface area contributed by atoms with Crippen LogP contribution in [0.15, 0.2) is 54.1 Å². The summed E-state index contributed by atoms with van der Waals surface area (Å²) in [5, 5.41) is 11.0. The number of ketones is 1. The summed E-state index contributed by atoms with van der Waals surface area (Å²) >= 11 is 0. The van der Waals surface area contributed by atoms with Crippen molar-refractivity contribution < 1.29 is 28.6 Å². The molecule has 1 saturated heterocycles. The predicted molar refractivity (Wildman–Crippen MR) is 114 cm³/mol. The summed E-state index contributed by atoms with van der Waals surface area (Å²) in [5.41, 5.74) is 0.906. The molecule has 164 valence electrons. The topological polar surface area (TPSA) is 76.1 Å². The van der Waals surface area contributed by atoms with Crippen molar-refractivity contribution in [2.75, 3.05) is 20.3 Å². The van der Waals surface area contributed by atoms with Gasteiger partial charge in [-0.3, -0.25) is 9.59 Å². The molecule has 0 unspecified atom stereocenters. The Bertz CT molecular complexity index is 966. The zero-order valence-corrected chi connectivity index (χ0v) is 17.8. The highest BCUT2D eigenvalue weighted by Gasteiger charge is 2.45. The molecule has 0 bridgehead atoms. The minimum absolute atomic E-state index is 0.00431. The van der Waals surface area contributed by atoms with Crippen LogP contribution in [-0.4, -0.2) is 48.1 Å². The van der Waals surface area contributed by atoms with Gasteiger partial charge in [0.2, 0.25) is 0 Å². The monoisotopic (exact) mass is 427 g/mol. The Kier molecular flexibility index (Phi) is 7.07. The van der Waals surface area contributed by atoms with Crippen LogP contribution in [0, 0.1) is 5.82 Å². The van der Waals surface area contributed by atoms with Crippen LogP contribution in [0.25, 0.3) is 5.76 Å². The van der Waals surface area contributed by atoms with Crippen LogP contribution in [-0.2, 0) is 14.3 Å². The third-order valence-electron chi connectivity index (χ3n) is 4.97. The van der Waals surface area contributed by atoms with E-state index in [2.05, 4.69) is 0 Å². The lowest BCUT2D eigenvalue weighted by molar-refractivity contribution is -0.140. The first-order valence-electron chi connectivity index (χ1n) is 10.1. The molecule has 6 nitrogen and oxygen atoms in total. The summed E-state index contributed by atoms with van der Waals surface area (Å²) < 4.78 is 24.2. The van der Waals surface area contributed by atoms with Crippen molar-refractivity contribution >= 4 is 17.4 Å². The second-order valence-electron chi connectivity index (χ2n) is 7.58. The van der Waals surface area contributed by atoms with E-state index in [1.54, 1.807) is 31.4 Å². The molecule has 1 aliphatic rings. The predicted octanol–water partition coefficient (Wildman–Crippen LogP) is 4.07. The SMILES string of the molecule is COCCCN1C(=O)C(=O)C(=C(O)c2ccc(OC(C)C)cc2)[C@H]1c1ccc(F)cc1. The van der Waals surface area contributed by atoms with Gasteiger partial charge in [-0.05, 0) is 62.2 Å². The van der Waals surface area contributed by atoms with Gasteiger partial charge in [0.25, 0.3) is 11.7 Å². The van der Waals surface area contributed by atoms with Crippen molar-refractivity contribution in [3.8, 4) is 5.75 Å². The number of carbonyl (C=O) groups is 2. The van der Waals surface area contributed by atoms with Crippen molar-refractivity contribution in [3.05, 3.63) is 71.0 Å². The van der Waals surface area contributed by atoms with Crippen LogP contribution in [0.4, 0.5) is 4.39 Å². The average Bonchev–Trinajstić information content (AvgIpc) is 2.99. The number of nitrogens with zero attached hydrogens (tertiary/aromatic N) is 1. The van der Waals surface area contributed by atoms with Gasteiger partial charge in [-0.15, -0.1) is 0 Å². The standard InChI is InChI=1S/C24H26FNO5/c1-15(2)31-19-11-7-17(8-12-19)22(27)20-21(16-5-9-18(25)10-6-16)26(13-4-14-30-3)24(29)23(20)28/h5-12,15,21,27H,4,13-14H2,1-3H3/t21-/m1/s1. The number of aliphatic hydroxyl groups is 1. The van der Waals surface area contributed by atoms with Crippen LogP contribution in [0.5, 0.6) is 5.75 Å². The minimum atomic E-state index is -0.816. The first kappa shape index (κ1) is 22.5. The molecule has 1 amide bonds. The van der Waals surface area contributed by atoms with Gasteiger partial charge < -0.3 is 19.5 Å². The summed E-state index contributed by atoms with van der Waals surface area (Å²) in [6.45, 7) is 4.48. The first-order chi connectivity index (χ1) is 14.8. The molecule has 0 radical (unpaired) electrons. The van der Waals surface area contributed by atoms with Crippen molar-refractivity contribution in [2.24, 2.45) is 0 Å². The maximum absolute atomic E-state index is 13.5. The number of carbonyl (C=O) groups excluding carboxylic acids is 2. The van der Waals surface area contributed by atoms with Crippen LogP contribution in [0.2, 0.25) is 0 Å². The molecule has 1 heterocycles. The molecule has 0 aliphatic carbocycles. The molecule has 1 fully saturated rings. The Morgan fingerprint density at radius 3 is 2.32 bits per heavy atom. The molecule has 0 saturated carbocycles. The molecule has 2 aromatic rings. The van der Waals surface area contributed by atoms with Gasteiger partial charge in [-0.2, -0.15) is 0 Å². The Morgan fingerprint density at radius 1 is 1.10 bits per heavy atom. The number of hydrogen-bond acceptors (Lipinski definition) is 5. The summed E-state index contributed by atoms with van der Waals surface area (Å²) in [6.07, 6.45) is 0.512. The molecule has 0 aromatic heterocycles. The molecule has 7 heteroatoms. The molecule has 3 rings (SSSR count). The van der Waals surface area contributed by atoms with Gasteiger partial charge in [-0.1, -0.05) is 12.1 Å². The highest BCUT2D eigenvalue weighted by atomic mass is 19.1. The Labute approximate surface area is 180 Å². The van der Waals surface area contributed by atoms with Crippen molar-refractivity contribution in [1.29, 1.82) is 0 Å². The normalized spacial score (nSPS) is 18.1. The van der Waals surface area contributed by atoms with Crippen LogP contribution < -0.4 is 4.74 Å². The number of rotatable bonds is 8. The van der Waals surface area contributed by atoms with Crippen LogP contribution in [0.3, 0.4) is 0 Å². The third-order valence-corrected chi connectivity index (χ3v) is 4.97. The second kappa shape index (κ2) is 9.75. The number of hydrogen-bond donors (Lipinski definition) is 1. The summed E-state index contributed by atoms with van der Waals surface area (Å²) in [5.74, 6) is -1.56. The van der Waals surface area contributed by atoms with E-state index in [1.165, 1.54) is 29.2 Å². The number of halogens is 1. The number of Topliss-reactive ketones (excluding diaryl/α,β-unsaturated/α-hetero) is 1. The number of methoxy groups -OCH3 is 1. The van der Waals surface area contributed by atoms with Gasteiger partial charge >= 0.3 is 0 Å². The quantitative estimate of drug-likeness (QED) is 0.297. The lowest BCUT2D eigenvalue weighted by atomic mass is 9.95. The van der Waals surface area contributed by atoms with Gasteiger partial charge in [0, 0.05) is 25.8 Å². The van der Waals surface area contributed by atoms with Gasteiger partial charge in [0.1, 0.15) is 17.3 Å². The lowest BCUT2D eigenvalue weighted by Gasteiger charge is -2.25. The largest absolute Gasteiger partial charge is 0.507 e. The fourth-order valence-electron chi connectivity index (χ4n) is 3.60. The van der Waals surface area contributed by atoms with Crippen molar-refractivity contribution in [2.45, 2.75) is 32.4 Å². The zero-order valence-electron chi connectivity index (χ0n) is 17.8. The van der Waals surface area contributed by atoms with Gasteiger partial charge in [-0.25, -0.2) is 4.39 Å². The molecule has 1 N–H and O–H groups in total. The first-order valence-corrected chi connectivity index (χ1v) is 10.1. The second-order valence-corrected chi connectivity index (χ2v) is 7.58. The van der Waals surface area contributed by atoms with Gasteiger partial charge in [0.15, 0.2) is 0 Å². The number of likely N-dealkylation sites (tertiary alicyclic amines) is 1. The zero-order chi connectivity index (χ0) is 22.5. The van der Waals surface area contributed by atoms with E-state index in [0.29, 0.717) is 29.9 Å². The van der Waals surface area contributed by atoms with E-state index in [-0.39, 0.29) is 24.0 Å². The number of ether oxygens (including phenoxy) is 2. The fraction of sp³-hybridized carbons (Fsp3) is 0.333. The van der Waals surface area contributed by atoms with E-state index in [4.69, 9.17) is 9.47 Å². The molecule has 1 atom stereocenters. The van der Waals surface area contributed by atoms with Crippen molar-refractivity contribution in [3.63, 3.8) is 0 Å². The fourth-order valence-corrected chi connectivity index (χ4v) is 3.60. The lowest BCUT2D eigenvalue weighted by Crippen LogP contribution is -2.31. The number of benzene rings is 2. The summed E-state index contributed by atoms with van der Waals surface area (Å²) in [4.78, 5) is 27.1. The van der Waals surface area contributed by atoms with Crippen LogP contribution >= 0.6 is 0 Å². The highest BCUT2D eigenvalue weighted by Crippen LogP contribution is 2.39. The Morgan fingerprint density at radius 2 is 1.74 bits per heavy atom. The van der Waals surface area contributed by atoms with E-state index in [1.807, 2.05) is 13.8 Å². The maximum Gasteiger partial charge on any atom is 0.295 e. The molecule has 31 heavy (non-hydrogen) atoms. The number of amides is 1. The Balaban J connectivity index is 2.04. The van der Waals surface area contributed by atoms with E-state index in [0.717, 1.165) is 0 Å². The molecule has 1 aliphatic heterocycles. The van der Waals surface area contributed by atoms with Gasteiger partial charge in [0.05, 0.1) is 17.7 Å². The summed E-state index contributed by atoms with van der Waals surface area (Å²) in [6, 6.07) is 11.4. The van der Waals surface area contributed by atoms with E-state index in [9.17, 15) is 19.1 Å². The van der Waals surface area contributed by atoms with Crippen molar-refractivity contribution in [1.82, 2.24) is 4.90 Å². The van der Waals surface area contributed by atoms with Crippen LogP contribution in [0.1, 0.15) is 37.4 Å². The molecule has 0 spiro atoms.